The van der Waals surface area contributed by atoms with Crippen molar-refractivity contribution >= 4 is 27.3 Å². The minimum Gasteiger partial charge on any atom is -0.496 e. The van der Waals surface area contributed by atoms with Gasteiger partial charge in [-0.1, -0.05) is 32.0 Å². The summed E-state index contributed by atoms with van der Waals surface area (Å²) >= 11 is 0. The Balaban J connectivity index is 1.90. The number of ether oxygens (including phenoxy) is 2. The van der Waals surface area contributed by atoms with Crippen molar-refractivity contribution in [1.82, 2.24) is 0 Å². The Kier molecular flexibility index (Phi) is 7.03. The van der Waals surface area contributed by atoms with E-state index in [9.17, 15) is 13.2 Å². The van der Waals surface area contributed by atoms with Crippen LogP contribution in [-0.4, -0.2) is 34.6 Å². The summed E-state index contributed by atoms with van der Waals surface area (Å²) in [4.78, 5) is 15.0. The fraction of sp³-hybridized carbons (Fsp3) is 0.458. The Morgan fingerprint density at radius 1 is 1.19 bits per heavy atom. The average Bonchev–Trinajstić information content (AvgIpc) is 2.81. The van der Waals surface area contributed by atoms with Crippen LogP contribution in [0.25, 0.3) is 0 Å². The minimum atomic E-state index is -3.71. The number of amides is 1. The van der Waals surface area contributed by atoms with Crippen molar-refractivity contribution in [3.8, 4) is 11.5 Å². The minimum absolute atomic E-state index is 0.0362. The highest BCUT2D eigenvalue weighted by molar-refractivity contribution is 7.91. The Morgan fingerprint density at radius 3 is 2.59 bits per heavy atom. The molecule has 0 fully saturated rings. The summed E-state index contributed by atoms with van der Waals surface area (Å²) in [5, 5.41) is 0. The molecule has 0 aromatic heterocycles. The van der Waals surface area contributed by atoms with E-state index in [1.165, 1.54) is 7.11 Å². The van der Waals surface area contributed by atoms with Gasteiger partial charge in [0.15, 0.2) is 0 Å². The molecule has 0 radical (unpaired) electrons. The molecule has 7 nitrogen and oxygen atoms in total. The van der Waals surface area contributed by atoms with Crippen LogP contribution in [-0.2, 0) is 20.6 Å². The molecule has 0 bridgehead atoms. The maximum absolute atomic E-state index is 13.2. The largest absolute Gasteiger partial charge is 0.496 e. The molecule has 1 aliphatic heterocycles. The van der Waals surface area contributed by atoms with E-state index in [0.717, 1.165) is 6.42 Å². The van der Waals surface area contributed by atoms with Crippen molar-refractivity contribution in [3.05, 3.63) is 48.0 Å². The molecule has 8 heteroatoms. The summed E-state index contributed by atoms with van der Waals surface area (Å²) in [7, 11) is -2.20. The van der Waals surface area contributed by atoms with Gasteiger partial charge in [0.05, 0.1) is 29.7 Å². The number of nitrogens with one attached hydrogen (secondary N) is 1. The lowest BCUT2D eigenvalue weighted by molar-refractivity contribution is -0.127. The lowest BCUT2D eigenvalue weighted by atomic mass is 9.92. The van der Waals surface area contributed by atoms with E-state index in [0.29, 0.717) is 40.9 Å². The highest BCUT2D eigenvalue weighted by Gasteiger charge is 2.37. The number of hydrogen-bond donors (Lipinski definition) is 1. The van der Waals surface area contributed by atoms with Gasteiger partial charge >= 0.3 is 0 Å². The fourth-order valence-electron chi connectivity index (χ4n) is 3.56. The van der Waals surface area contributed by atoms with Crippen molar-refractivity contribution in [3.63, 3.8) is 0 Å². The van der Waals surface area contributed by atoms with Crippen molar-refractivity contribution in [1.29, 1.82) is 0 Å². The van der Waals surface area contributed by atoms with Gasteiger partial charge in [-0.2, -0.15) is 0 Å². The predicted molar refractivity (Wildman–Crippen MR) is 127 cm³/mol. The molecular formula is C24H32N2O5S. The third kappa shape index (κ3) is 5.54. The van der Waals surface area contributed by atoms with Crippen molar-refractivity contribution in [2.75, 3.05) is 29.9 Å². The molecule has 0 aliphatic carbocycles. The molecule has 0 spiro atoms. The van der Waals surface area contributed by atoms with E-state index >= 15 is 0 Å². The maximum Gasteiger partial charge on any atom is 0.237 e. The first kappa shape index (κ1) is 23.9. The predicted octanol–water partition coefficient (Wildman–Crippen LogP) is 4.43. The van der Waals surface area contributed by atoms with Gasteiger partial charge in [-0.25, -0.2) is 8.42 Å². The van der Waals surface area contributed by atoms with E-state index in [2.05, 4.69) is 18.6 Å². The van der Waals surface area contributed by atoms with Gasteiger partial charge < -0.3 is 14.4 Å². The number of para-hydroxylation sites is 1. The molecule has 0 saturated carbocycles. The van der Waals surface area contributed by atoms with Crippen LogP contribution in [0, 0.1) is 11.3 Å². The molecule has 3 rings (SSSR count). The van der Waals surface area contributed by atoms with E-state index in [1.807, 2.05) is 13.8 Å². The first-order chi connectivity index (χ1) is 15.0. The Morgan fingerprint density at radius 2 is 1.91 bits per heavy atom. The monoisotopic (exact) mass is 460 g/mol. The third-order valence-electron chi connectivity index (χ3n) is 5.40. The van der Waals surface area contributed by atoms with Gasteiger partial charge in [0.25, 0.3) is 0 Å². The van der Waals surface area contributed by atoms with Crippen molar-refractivity contribution in [2.24, 2.45) is 11.3 Å². The van der Waals surface area contributed by atoms with Gasteiger partial charge in [-0.15, -0.1) is 0 Å². The molecule has 1 aliphatic rings. The highest BCUT2D eigenvalue weighted by Crippen LogP contribution is 2.39. The van der Waals surface area contributed by atoms with Gasteiger partial charge in [0.1, 0.15) is 18.1 Å². The van der Waals surface area contributed by atoms with Gasteiger partial charge in [0, 0.05) is 12.1 Å². The van der Waals surface area contributed by atoms with E-state index < -0.39 is 15.4 Å². The molecular weight excluding hydrogens is 428 g/mol. The molecule has 1 heterocycles. The second kappa shape index (κ2) is 9.40. The molecule has 1 N–H and O–H groups in total. The zero-order chi connectivity index (χ0) is 23.5. The zero-order valence-corrected chi connectivity index (χ0v) is 20.2. The van der Waals surface area contributed by atoms with Crippen molar-refractivity contribution < 1.29 is 22.7 Å². The second-order valence-electron chi connectivity index (χ2n) is 9.17. The number of anilines is 2. The van der Waals surface area contributed by atoms with E-state index in [-0.39, 0.29) is 18.3 Å². The van der Waals surface area contributed by atoms with Crippen LogP contribution >= 0.6 is 0 Å². The van der Waals surface area contributed by atoms with Gasteiger partial charge in [-0.05, 0) is 50.5 Å². The first-order valence-electron chi connectivity index (χ1n) is 10.7. The summed E-state index contributed by atoms with van der Waals surface area (Å²) in [6, 6.07) is 12.1. The van der Waals surface area contributed by atoms with Crippen molar-refractivity contribution in [2.45, 2.75) is 39.9 Å². The Labute approximate surface area is 190 Å². The van der Waals surface area contributed by atoms with E-state index in [1.54, 1.807) is 47.4 Å². The smallest absolute Gasteiger partial charge is 0.237 e. The maximum atomic E-state index is 13.2. The lowest BCUT2D eigenvalue weighted by Gasteiger charge is -2.28. The highest BCUT2D eigenvalue weighted by atomic mass is 32.2. The molecule has 174 valence electrons. The lowest BCUT2D eigenvalue weighted by Crippen LogP contribution is -2.42. The summed E-state index contributed by atoms with van der Waals surface area (Å²) in [5.41, 5.74) is 0.846. The first-order valence-corrected chi connectivity index (χ1v) is 12.4. The average molecular weight is 461 g/mol. The number of nitrogens with zero attached hydrogens (tertiary/aromatic N) is 1. The van der Waals surface area contributed by atoms with Gasteiger partial charge in [0.2, 0.25) is 15.9 Å². The van der Waals surface area contributed by atoms with Crippen LogP contribution < -0.4 is 19.1 Å². The Hall–Kier alpha value is -2.74. The standard InChI is InChI=1S/C24H32N2O5S/c1-17(2)12-13-26-20-14-19(10-11-22(20)31-16-24(3,4)23(26)27)25-32(28,29)15-18-8-6-7-9-21(18)30-5/h6-11,14,17,25H,12-13,15-16H2,1-5H3. The van der Waals surface area contributed by atoms with Crippen LogP contribution in [0.4, 0.5) is 11.4 Å². The number of carbonyl (C=O) groups is 1. The molecule has 1 amide bonds. The third-order valence-corrected chi connectivity index (χ3v) is 6.64. The second-order valence-corrected chi connectivity index (χ2v) is 10.9. The molecule has 0 atom stereocenters. The fourth-order valence-corrected chi connectivity index (χ4v) is 4.77. The molecule has 0 unspecified atom stereocenters. The summed E-state index contributed by atoms with van der Waals surface area (Å²) < 4.78 is 39.5. The molecule has 32 heavy (non-hydrogen) atoms. The Bertz CT molecular complexity index is 1080. The van der Waals surface area contributed by atoms with Crippen LogP contribution in [0.1, 0.15) is 39.7 Å². The number of benzene rings is 2. The zero-order valence-electron chi connectivity index (χ0n) is 19.3. The number of hydrogen-bond acceptors (Lipinski definition) is 5. The van der Waals surface area contributed by atoms with Gasteiger partial charge in [-0.3, -0.25) is 9.52 Å². The number of carbonyl (C=O) groups excluding carboxylic acids is 1. The normalized spacial score (nSPS) is 15.7. The van der Waals surface area contributed by atoms with E-state index in [4.69, 9.17) is 9.47 Å². The van der Waals surface area contributed by atoms with Crippen LogP contribution in [0.15, 0.2) is 42.5 Å². The van der Waals surface area contributed by atoms with Crippen LogP contribution in [0.2, 0.25) is 0 Å². The molecule has 2 aromatic carbocycles. The SMILES string of the molecule is COc1ccccc1CS(=O)(=O)Nc1ccc2c(c1)N(CCC(C)C)C(=O)C(C)(C)CO2. The quantitative estimate of drug-likeness (QED) is 0.630. The number of fused-ring (bicyclic) bond motifs is 1. The topological polar surface area (TPSA) is 84.9 Å². The number of methoxy groups -OCH3 is 1. The summed E-state index contributed by atoms with van der Waals surface area (Å²) in [5.74, 6) is 1.24. The molecule has 2 aromatic rings. The van der Waals surface area contributed by atoms with Crippen LogP contribution in [0.5, 0.6) is 11.5 Å². The molecule has 0 saturated heterocycles. The summed E-state index contributed by atoms with van der Waals surface area (Å²) in [6.07, 6.45) is 0.824. The number of sulfonamides is 1. The number of rotatable bonds is 8. The summed E-state index contributed by atoms with van der Waals surface area (Å²) in [6.45, 7) is 8.73. The van der Waals surface area contributed by atoms with Crippen LogP contribution in [0.3, 0.4) is 0 Å².